The van der Waals surface area contributed by atoms with E-state index in [4.69, 9.17) is 4.42 Å². The third-order valence-electron chi connectivity index (χ3n) is 1.72. The van der Waals surface area contributed by atoms with E-state index in [-0.39, 0.29) is 5.69 Å². The van der Waals surface area contributed by atoms with Crippen LogP contribution in [0.2, 0.25) is 0 Å². The Morgan fingerprint density at radius 2 is 2.46 bits per heavy atom. The van der Waals surface area contributed by atoms with Gasteiger partial charge in [-0.25, -0.2) is 4.68 Å². The van der Waals surface area contributed by atoms with Crippen molar-refractivity contribution in [2.24, 2.45) is 7.05 Å². The molecule has 2 heterocycles. The van der Waals surface area contributed by atoms with Crippen molar-refractivity contribution < 1.29 is 9.21 Å². The summed E-state index contributed by atoms with van der Waals surface area (Å²) in [4.78, 5) is 10.6. The summed E-state index contributed by atoms with van der Waals surface area (Å²) in [5.41, 5.74) is 0.887. The summed E-state index contributed by atoms with van der Waals surface area (Å²) in [5.74, 6) is 0.592. The number of hydrogen-bond acceptors (Lipinski definition) is 4. The molecular formula is C8H7N3O2. The zero-order valence-corrected chi connectivity index (χ0v) is 6.97. The van der Waals surface area contributed by atoms with Crippen LogP contribution in [0.25, 0.3) is 11.5 Å². The lowest BCUT2D eigenvalue weighted by Crippen LogP contribution is -1.93. The van der Waals surface area contributed by atoms with Crippen LogP contribution in [0.3, 0.4) is 0 Å². The standard InChI is InChI=1S/C8H7N3O2/c1-11-8(6(5-12)9-10-11)7-3-2-4-13-7/h2-5H,1H3. The van der Waals surface area contributed by atoms with E-state index in [9.17, 15) is 4.79 Å². The first-order valence-electron chi connectivity index (χ1n) is 3.71. The molecule has 0 spiro atoms. The van der Waals surface area contributed by atoms with Gasteiger partial charge in [0.05, 0.1) is 6.26 Å². The van der Waals surface area contributed by atoms with E-state index >= 15 is 0 Å². The molecule has 0 saturated carbocycles. The fourth-order valence-corrected chi connectivity index (χ4v) is 1.15. The van der Waals surface area contributed by atoms with Crippen molar-refractivity contribution in [2.75, 3.05) is 0 Å². The third-order valence-corrected chi connectivity index (χ3v) is 1.72. The van der Waals surface area contributed by atoms with Crippen molar-refractivity contribution in [1.29, 1.82) is 0 Å². The average Bonchev–Trinajstić information content (AvgIpc) is 2.72. The highest BCUT2D eigenvalue weighted by Gasteiger charge is 2.13. The Balaban J connectivity index is 2.62. The molecule has 0 aliphatic rings. The molecular weight excluding hydrogens is 170 g/mol. The number of nitrogens with zero attached hydrogens (tertiary/aromatic N) is 3. The normalized spacial score (nSPS) is 10.2. The van der Waals surface area contributed by atoms with Gasteiger partial charge in [-0.15, -0.1) is 5.10 Å². The largest absolute Gasteiger partial charge is 0.463 e. The second kappa shape index (κ2) is 2.85. The minimum atomic E-state index is 0.289. The van der Waals surface area contributed by atoms with Gasteiger partial charge >= 0.3 is 0 Å². The van der Waals surface area contributed by atoms with Crippen molar-refractivity contribution in [3.63, 3.8) is 0 Å². The van der Waals surface area contributed by atoms with Crippen LogP contribution >= 0.6 is 0 Å². The predicted octanol–water partition coefficient (Wildman–Crippen LogP) is 0.888. The zero-order chi connectivity index (χ0) is 9.26. The van der Waals surface area contributed by atoms with Crippen LogP contribution in [0, 0.1) is 0 Å². The molecule has 13 heavy (non-hydrogen) atoms. The maximum Gasteiger partial charge on any atom is 0.172 e. The van der Waals surface area contributed by atoms with Crippen LogP contribution in [0.5, 0.6) is 0 Å². The van der Waals surface area contributed by atoms with Gasteiger partial charge in [0.25, 0.3) is 0 Å². The Bertz CT molecular complexity index is 417. The van der Waals surface area contributed by atoms with E-state index in [1.54, 1.807) is 19.2 Å². The van der Waals surface area contributed by atoms with E-state index in [1.807, 2.05) is 0 Å². The summed E-state index contributed by atoms with van der Waals surface area (Å²) < 4.78 is 6.64. The topological polar surface area (TPSA) is 60.9 Å². The number of aldehydes is 1. The quantitative estimate of drug-likeness (QED) is 0.639. The minimum Gasteiger partial charge on any atom is -0.463 e. The van der Waals surface area contributed by atoms with E-state index in [0.29, 0.717) is 17.7 Å². The van der Waals surface area contributed by atoms with Crippen LogP contribution in [-0.4, -0.2) is 21.3 Å². The molecule has 5 nitrogen and oxygen atoms in total. The molecule has 5 heteroatoms. The summed E-state index contributed by atoms with van der Waals surface area (Å²) in [6.07, 6.45) is 2.20. The Morgan fingerprint density at radius 1 is 1.62 bits per heavy atom. The number of carbonyl (C=O) groups is 1. The Kier molecular flexibility index (Phi) is 1.70. The van der Waals surface area contributed by atoms with Gasteiger partial charge in [-0.3, -0.25) is 4.79 Å². The monoisotopic (exact) mass is 177 g/mol. The zero-order valence-electron chi connectivity index (χ0n) is 6.97. The lowest BCUT2D eigenvalue weighted by Gasteiger charge is -1.95. The van der Waals surface area contributed by atoms with Gasteiger partial charge in [-0.1, -0.05) is 5.21 Å². The highest BCUT2D eigenvalue weighted by atomic mass is 16.3. The molecule has 0 saturated heterocycles. The molecule has 0 radical (unpaired) electrons. The van der Waals surface area contributed by atoms with Gasteiger partial charge in [0.15, 0.2) is 17.7 Å². The third kappa shape index (κ3) is 1.14. The molecule has 0 bridgehead atoms. The van der Waals surface area contributed by atoms with Crippen molar-refractivity contribution in [2.45, 2.75) is 0 Å². The van der Waals surface area contributed by atoms with Gasteiger partial charge in [-0.2, -0.15) is 0 Å². The Hall–Kier alpha value is -1.91. The highest BCUT2D eigenvalue weighted by molar-refractivity contribution is 5.81. The molecule has 0 fully saturated rings. The summed E-state index contributed by atoms with van der Waals surface area (Å²) >= 11 is 0. The summed E-state index contributed by atoms with van der Waals surface area (Å²) in [6, 6.07) is 3.50. The first-order valence-corrected chi connectivity index (χ1v) is 3.71. The SMILES string of the molecule is Cn1nnc(C=O)c1-c1ccco1. The molecule has 2 rings (SSSR count). The molecule has 0 N–H and O–H groups in total. The Morgan fingerprint density at radius 3 is 3.08 bits per heavy atom. The fraction of sp³-hybridized carbons (Fsp3) is 0.125. The summed E-state index contributed by atoms with van der Waals surface area (Å²) in [7, 11) is 1.71. The molecule has 2 aromatic heterocycles. The van der Waals surface area contributed by atoms with Gasteiger partial charge in [0, 0.05) is 7.05 Å². The molecule has 0 aliphatic heterocycles. The maximum absolute atomic E-state index is 10.6. The molecule has 66 valence electrons. The molecule has 2 aromatic rings. The molecule has 0 aliphatic carbocycles. The van der Waals surface area contributed by atoms with Crippen LogP contribution in [0.4, 0.5) is 0 Å². The predicted molar refractivity (Wildman–Crippen MR) is 44.1 cm³/mol. The molecule has 0 unspecified atom stereocenters. The van der Waals surface area contributed by atoms with Crippen molar-refractivity contribution >= 4 is 6.29 Å². The van der Waals surface area contributed by atoms with Crippen LogP contribution in [0.1, 0.15) is 10.5 Å². The number of hydrogen-bond donors (Lipinski definition) is 0. The van der Waals surface area contributed by atoms with E-state index < -0.39 is 0 Å². The van der Waals surface area contributed by atoms with E-state index in [2.05, 4.69) is 10.3 Å². The smallest absolute Gasteiger partial charge is 0.172 e. The number of rotatable bonds is 2. The number of aromatic nitrogens is 3. The van der Waals surface area contributed by atoms with Crippen LogP contribution in [-0.2, 0) is 7.05 Å². The minimum absolute atomic E-state index is 0.289. The van der Waals surface area contributed by atoms with Crippen LogP contribution < -0.4 is 0 Å². The lowest BCUT2D eigenvalue weighted by molar-refractivity contribution is 0.111. The number of aryl methyl sites for hydroxylation is 1. The highest BCUT2D eigenvalue weighted by Crippen LogP contribution is 2.20. The number of carbonyl (C=O) groups excluding carboxylic acids is 1. The van der Waals surface area contributed by atoms with Crippen molar-refractivity contribution in [1.82, 2.24) is 15.0 Å². The molecule has 0 atom stereocenters. The van der Waals surface area contributed by atoms with Crippen LogP contribution in [0.15, 0.2) is 22.8 Å². The van der Waals surface area contributed by atoms with Gasteiger partial charge < -0.3 is 4.42 Å². The van der Waals surface area contributed by atoms with Gasteiger partial charge in [-0.05, 0) is 12.1 Å². The molecule has 0 aromatic carbocycles. The fourth-order valence-electron chi connectivity index (χ4n) is 1.15. The lowest BCUT2D eigenvalue weighted by atomic mass is 10.3. The van der Waals surface area contributed by atoms with Crippen molar-refractivity contribution in [3.05, 3.63) is 24.1 Å². The maximum atomic E-state index is 10.6. The first-order chi connectivity index (χ1) is 6.33. The Labute approximate surface area is 74.0 Å². The summed E-state index contributed by atoms with van der Waals surface area (Å²) in [6.45, 7) is 0. The average molecular weight is 177 g/mol. The van der Waals surface area contributed by atoms with E-state index in [0.717, 1.165) is 0 Å². The summed E-state index contributed by atoms with van der Waals surface area (Å²) in [5, 5.41) is 7.39. The molecule has 0 amide bonds. The van der Waals surface area contributed by atoms with Gasteiger partial charge in [0.2, 0.25) is 0 Å². The number of furan rings is 1. The second-order valence-electron chi connectivity index (χ2n) is 2.54. The second-order valence-corrected chi connectivity index (χ2v) is 2.54. The van der Waals surface area contributed by atoms with E-state index in [1.165, 1.54) is 10.9 Å². The van der Waals surface area contributed by atoms with Crippen molar-refractivity contribution in [3.8, 4) is 11.5 Å². The van der Waals surface area contributed by atoms with Gasteiger partial charge in [0.1, 0.15) is 5.69 Å². The first kappa shape index (κ1) is 7.72.